The van der Waals surface area contributed by atoms with Crippen LogP contribution in [-0.2, 0) is 21.7 Å². The predicted octanol–water partition coefficient (Wildman–Crippen LogP) is -0.160. The van der Waals surface area contributed by atoms with E-state index in [0.717, 1.165) is 0 Å². The minimum atomic E-state index is 0. The number of hydrogen-bond acceptors (Lipinski definition) is 1. The van der Waals surface area contributed by atoms with Crippen LogP contribution in [0.4, 0.5) is 0 Å². The van der Waals surface area contributed by atoms with Gasteiger partial charge in [-0.05, 0) is 6.92 Å². The Hall–Kier alpha value is 1.93. The van der Waals surface area contributed by atoms with Crippen LogP contribution < -0.4 is 0 Å². The molecule has 0 aromatic carbocycles. The van der Waals surface area contributed by atoms with Gasteiger partial charge in [-0.25, -0.2) is 0 Å². The van der Waals surface area contributed by atoms with Crippen LogP contribution in [0.25, 0.3) is 0 Å². The summed E-state index contributed by atoms with van der Waals surface area (Å²) < 4.78 is 0. The van der Waals surface area contributed by atoms with Crippen LogP contribution in [0.5, 0.6) is 0 Å². The third-order valence-corrected chi connectivity index (χ3v) is 0. The Morgan fingerprint density at radius 3 is 1.80 bits per heavy atom. The van der Waals surface area contributed by atoms with Crippen molar-refractivity contribution < 1.29 is 29.7 Å². The van der Waals surface area contributed by atoms with Crippen molar-refractivity contribution in [3.63, 3.8) is 0 Å². The molecule has 0 atom stereocenters. The zero-order valence-electron chi connectivity index (χ0n) is 5.36. The monoisotopic (exact) mass is 136 g/mol. The van der Waals surface area contributed by atoms with E-state index >= 15 is 0 Å². The number of aliphatic hydroxyl groups is 1. The van der Waals surface area contributed by atoms with Gasteiger partial charge in [0.05, 0.1) is 0 Å². The average molecular weight is 136 g/mol. The molecular formula is C2H8CaOTi. The first-order valence-electron chi connectivity index (χ1n) is 1.02. The van der Waals surface area contributed by atoms with Gasteiger partial charge in [-0.1, -0.05) is 0 Å². The maximum Gasteiger partial charge on any atom is 2.00 e. The molecule has 0 bridgehead atoms. The van der Waals surface area contributed by atoms with Crippen molar-refractivity contribution in [1.82, 2.24) is 0 Å². The Morgan fingerprint density at radius 1 is 1.80 bits per heavy atom. The van der Waals surface area contributed by atoms with E-state index in [-0.39, 0.29) is 68.9 Å². The summed E-state index contributed by atoms with van der Waals surface area (Å²) in [6, 6.07) is 0. The molecule has 0 aliphatic carbocycles. The summed E-state index contributed by atoms with van der Waals surface area (Å²) in [5.41, 5.74) is 0. The zero-order valence-corrected chi connectivity index (χ0v) is 7.13. The molecule has 0 spiro atoms. The number of hydrogen-bond donors (Lipinski definition) is 1. The van der Waals surface area contributed by atoms with Crippen LogP contribution in [-0.4, -0.2) is 49.5 Å². The van der Waals surface area contributed by atoms with Crippen molar-refractivity contribution in [2.75, 3.05) is 6.61 Å². The van der Waals surface area contributed by atoms with Gasteiger partial charge in [0.15, 0.2) is 0 Å². The maximum absolute atomic E-state index is 7.57. The van der Waals surface area contributed by atoms with E-state index in [1.54, 1.807) is 6.92 Å². The molecule has 0 aromatic rings. The van der Waals surface area contributed by atoms with Crippen molar-refractivity contribution in [3.8, 4) is 0 Å². The molecule has 0 fully saturated rings. The van der Waals surface area contributed by atoms with Crippen molar-refractivity contribution in [3.05, 3.63) is 0 Å². The number of rotatable bonds is 0. The van der Waals surface area contributed by atoms with Crippen LogP contribution in [0.1, 0.15) is 9.78 Å². The quantitative estimate of drug-likeness (QED) is 0.459. The van der Waals surface area contributed by atoms with Crippen LogP contribution in [0.2, 0.25) is 0 Å². The van der Waals surface area contributed by atoms with Gasteiger partial charge in [0, 0.05) is 28.3 Å². The van der Waals surface area contributed by atoms with E-state index in [1.165, 1.54) is 0 Å². The first kappa shape index (κ1) is 15.8. The van der Waals surface area contributed by atoms with Gasteiger partial charge < -0.3 is 7.96 Å². The molecule has 0 amide bonds. The normalized spacial score (nSPS) is 3.60. The molecule has 0 rings (SSSR count). The molecule has 0 heterocycles. The van der Waals surface area contributed by atoms with Gasteiger partial charge in [0.25, 0.3) is 0 Å². The fraction of sp³-hybridized carbons (Fsp3) is 1.00. The van der Waals surface area contributed by atoms with E-state index < -0.39 is 0 Å². The Bertz CT molecular complexity index is 15.7. The molecule has 1 N–H and O–H groups in total. The summed E-state index contributed by atoms with van der Waals surface area (Å²) >= 11 is 0. The standard InChI is InChI=1S/C2H6O.Ca.Ti.2H/c1-2-3;;;;/h3H,2H2,1H3;;;;/q;+2;;2*-1. The summed E-state index contributed by atoms with van der Waals surface area (Å²) in [7, 11) is 0. The average Bonchev–Trinajstić information content (AvgIpc) is 0.918. The molecular weight excluding hydrogens is 128 g/mol. The molecule has 0 unspecified atom stereocenters. The largest absolute Gasteiger partial charge is 2.00 e. The first-order chi connectivity index (χ1) is 1.41. The van der Waals surface area contributed by atoms with Crippen molar-refractivity contribution in [2.45, 2.75) is 6.92 Å². The summed E-state index contributed by atoms with van der Waals surface area (Å²) in [4.78, 5) is 0. The summed E-state index contributed by atoms with van der Waals surface area (Å²) in [5.74, 6) is 0. The minimum absolute atomic E-state index is 0. The molecule has 0 aliphatic heterocycles. The summed E-state index contributed by atoms with van der Waals surface area (Å²) in [6.07, 6.45) is 0. The van der Waals surface area contributed by atoms with Crippen molar-refractivity contribution in [1.29, 1.82) is 0 Å². The third kappa shape index (κ3) is 24.6. The number of aliphatic hydroxyl groups excluding tert-OH is 1. The van der Waals surface area contributed by atoms with Crippen LogP contribution in [0.15, 0.2) is 0 Å². The smallest absolute Gasteiger partial charge is 1.00 e. The molecule has 0 aromatic heterocycles. The van der Waals surface area contributed by atoms with Gasteiger partial charge >= 0.3 is 37.7 Å². The Kier molecular flexibility index (Phi) is 52.9. The van der Waals surface area contributed by atoms with Gasteiger partial charge in [-0.15, -0.1) is 0 Å². The topological polar surface area (TPSA) is 20.2 Å². The van der Waals surface area contributed by atoms with E-state index in [0.29, 0.717) is 0 Å². The Morgan fingerprint density at radius 2 is 1.80 bits per heavy atom. The fourth-order valence-corrected chi connectivity index (χ4v) is 0. The maximum atomic E-state index is 7.57. The van der Waals surface area contributed by atoms with Gasteiger partial charge in [-0.3, -0.25) is 0 Å². The van der Waals surface area contributed by atoms with Crippen molar-refractivity contribution >= 4 is 37.7 Å². The Balaban J connectivity index is -0.00000000333. The molecule has 0 saturated carbocycles. The molecule has 0 radical (unpaired) electrons. The zero-order chi connectivity index (χ0) is 2.71. The Labute approximate surface area is 80.0 Å². The summed E-state index contributed by atoms with van der Waals surface area (Å²) in [6.45, 7) is 1.93. The summed E-state index contributed by atoms with van der Waals surface area (Å²) in [5, 5.41) is 7.57. The fourth-order valence-electron chi connectivity index (χ4n) is 0. The molecule has 3 heteroatoms. The van der Waals surface area contributed by atoms with Crippen LogP contribution >= 0.6 is 0 Å². The first-order valence-corrected chi connectivity index (χ1v) is 1.02. The molecule has 0 saturated heterocycles. The second-order valence-corrected chi connectivity index (χ2v) is 0.316. The van der Waals surface area contributed by atoms with E-state index in [9.17, 15) is 0 Å². The molecule has 5 heavy (non-hydrogen) atoms. The van der Waals surface area contributed by atoms with Gasteiger partial charge in [0.2, 0.25) is 0 Å². The van der Waals surface area contributed by atoms with E-state index in [1.807, 2.05) is 0 Å². The molecule has 0 aliphatic rings. The minimum Gasteiger partial charge on any atom is -1.00 e. The van der Waals surface area contributed by atoms with Crippen LogP contribution in [0, 0.1) is 0 Å². The second-order valence-electron chi connectivity index (χ2n) is 0.316. The van der Waals surface area contributed by atoms with Crippen LogP contribution in [0.3, 0.4) is 0 Å². The van der Waals surface area contributed by atoms with E-state index in [2.05, 4.69) is 0 Å². The SMILES string of the molecule is CCO.[Ca+2].[H-].[H-].[Ti]. The van der Waals surface area contributed by atoms with Crippen molar-refractivity contribution in [2.24, 2.45) is 0 Å². The molecule has 28 valence electrons. The van der Waals surface area contributed by atoms with Gasteiger partial charge in [-0.2, -0.15) is 0 Å². The molecule has 1 nitrogen and oxygen atoms in total. The van der Waals surface area contributed by atoms with Gasteiger partial charge in [0.1, 0.15) is 0 Å². The second kappa shape index (κ2) is 16.8. The third-order valence-electron chi connectivity index (χ3n) is 0. The predicted molar refractivity (Wildman–Crippen MR) is 20.7 cm³/mol. The van der Waals surface area contributed by atoms with E-state index in [4.69, 9.17) is 5.11 Å².